The van der Waals surface area contributed by atoms with Gasteiger partial charge < -0.3 is 4.74 Å². The van der Waals surface area contributed by atoms with Crippen molar-refractivity contribution in [2.24, 2.45) is 0 Å². The molecule has 3 heteroatoms. The zero-order valence-corrected chi connectivity index (χ0v) is 24.3. The van der Waals surface area contributed by atoms with Gasteiger partial charge in [-0.25, -0.2) is 9.97 Å². The first-order chi connectivity index (χ1) is 22.3. The third-order valence-electron chi connectivity index (χ3n) is 8.69. The first-order valence-electron chi connectivity index (χ1n) is 15.2. The highest BCUT2D eigenvalue weighted by Crippen LogP contribution is 2.47. The lowest BCUT2D eigenvalue weighted by Crippen LogP contribution is -1.99. The van der Waals surface area contributed by atoms with Crippen LogP contribution in [-0.2, 0) is 0 Å². The van der Waals surface area contributed by atoms with E-state index in [4.69, 9.17) is 14.7 Å². The van der Waals surface area contributed by atoms with Crippen LogP contribution in [0.3, 0.4) is 0 Å². The van der Waals surface area contributed by atoms with Gasteiger partial charge in [0.1, 0.15) is 11.5 Å². The number of nitrogens with zero attached hydrogens (tertiary/aromatic N) is 2. The molecule has 0 aliphatic carbocycles. The lowest BCUT2D eigenvalue weighted by Gasteiger charge is -2.22. The summed E-state index contributed by atoms with van der Waals surface area (Å²) in [5.74, 6) is 2.44. The average Bonchev–Trinajstić information content (AvgIpc) is 3.12. The van der Waals surface area contributed by atoms with Crippen molar-refractivity contribution in [1.82, 2.24) is 9.97 Å². The molecule has 2 heterocycles. The van der Waals surface area contributed by atoms with E-state index < -0.39 is 0 Å². The summed E-state index contributed by atoms with van der Waals surface area (Å²) in [4.78, 5) is 10.3. The van der Waals surface area contributed by atoms with Gasteiger partial charge in [0.05, 0.1) is 11.4 Å². The number of aromatic nitrogens is 2. The second kappa shape index (κ2) is 10.3. The number of ether oxygens (including phenoxy) is 1. The Balaban J connectivity index is 1.25. The highest BCUT2D eigenvalue weighted by Gasteiger charge is 2.21. The zero-order chi connectivity index (χ0) is 29.7. The fraction of sp³-hybridized carbons (Fsp3) is 0. The molecule has 0 unspecified atom stereocenters. The van der Waals surface area contributed by atoms with Crippen LogP contribution in [0.15, 0.2) is 158 Å². The quantitative estimate of drug-likeness (QED) is 0.210. The average molecular weight is 575 g/mol. The van der Waals surface area contributed by atoms with Crippen LogP contribution in [0.4, 0.5) is 0 Å². The molecule has 210 valence electrons. The summed E-state index contributed by atoms with van der Waals surface area (Å²) in [6, 6.07) is 54.9. The summed E-state index contributed by atoms with van der Waals surface area (Å²) < 4.78 is 6.39. The van der Waals surface area contributed by atoms with Gasteiger partial charge in [0.15, 0.2) is 5.82 Å². The van der Waals surface area contributed by atoms with Crippen LogP contribution in [0.25, 0.3) is 77.7 Å². The zero-order valence-electron chi connectivity index (χ0n) is 24.3. The van der Waals surface area contributed by atoms with Gasteiger partial charge in [-0.1, -0.05) is 127 Å². The van der Waals surface area contributed by atoms with Gasteiger partial charge in [0.2, 0.25) is 0 Å². The molecule has 1 aliphatic heterocycles. The molecule has 0 radical (unpaired) electrons. The van der Waals surface area contributed by atoms with Crippen molar-refractivity contribution < 1.29 is 4.74 Å². The molecule has 8 aromatic rings. The molecule has 45 heavy (non-hydrogen) atoms. The first kappa shape index (κ1) is 25.4. The highest BCUT2D eigenvalue weighted by molar-refractivity contribution is 6.05. The molecular formula is C42H26N2O. The normalized spacial score (nSPS) is 11.7. The summed E-state index contributed by atoms with van der Waals surface area (Å²) in [6.07, 6.45) is 0. The van der Waals surface area contributed by atoms with Crippen LogP contribution < -0.4 is 4.74 Å². The maximum atomic E-state index is 6.39. The molecule has 0 amide bonds. The monoisotopic (exact) mass is 574 g/mol. The molecule has 1 aromatic heterocycles. The van der Waals surface area contributed by atoms with Gasteiger partial charge in [-0.15, -0.1) is 0 Å². The van der Waals surface area contributed by atoms with Gasteiger partial charge >= 0.3 is 0 Å². The molecule has 7 aromatic carbocycles. The number of hydrogen-bond acceptors (Lipinski definition) is 3. The van der Waals surface area contributed by atoms with Crippen molar-refractivity contribution in [2.45, 2.75) is 0 Å². The molecule has 0 saturated carbocycles. The van der Waals surface area contributed by atoms with E-state index in [1.807, 2.05) is 30.3 Å². The van der Waals surface area contributed by atoms with Crippen LogP contribution in [0.5, 0.6) is 11.5 Å². The molecular weight excluding hydrogens is 548 g/mol. The second-order valence-electron chi connectivity index (χ2n) is 11.4. The summed E-state index contributed by atoms with van der Waals surface area (Å²) in [7, 11) is 0. The Morgan fingerprint density at radius 3 is 1.82 bits per heavy atom. The van der Waals surface area contributed by atoms with E-state index in [0.29, 0.717) is 5.82 Å². The van der Waals surface area contributed by atoms with Crippen molar-refractivity contribution in [3.05, 3.63) is 158 Å². The topological polar surface area (TPSA) is 35.0 Å². The molecule has 0 N–H and O–H groups in total. The maximum Gasteiger partial charge on any atom is 0.160 e. The molecule has 3 nitrogen and oxygen atoms in total. The molecule has 0 atom stereocenters. The van der Waals surface area contributed by atoms with E-state index in [-0.39, 0.29) is 0 Å². The molecule has 0 saturated heterocycles. The van der Waals surface area contributed by atoms with Gasteiger partial charge in [-0.2, -0.15) is 0 Å². The fourth-order valence-electron chi connectivity index (χ4n) is 6.58. The minimum atomic E-state index is 0.695. The summed E-state index contributed by atoms with van der Waals surface area (Å²) in [5.41, 5.74) is 9.46. The van der Waals surface area contributed by atoms with Crippen molar-refractivity contribution in [3.63, 3.8) is 0 Å². The van der Waals surface area contributed by atoms with Crippen molar-refractivity contribution >= 4 is 21.5 Å². The predicted octanol–water partition coefficient (Wildman–Crippen LogP) is 11.2. The predicted molar refractivity (Wildman–Crippen MR) is 184 cm³/mol. The minimum Gasteiger partial charge on any atom is -0.456 e. The third kappa shape index (κ3) is 4.29. The highest BCUT2D eigenvalue weighted by atomic mass is 16.5. The molecule has 0 spiro atoms. The Bertz CT molecular complexity index is 2390. The first-order valence-corrected chi connectivity index (χ1v) is 15.2. The Hall–Kier alpha value is -6.06. The maximum absolute atomic E-state index is 6.39. The standard InChI is InChI=1S/C42H26N2O/c1-3-11-27(12-4-1)31-17-9-19-33-32(31)18-10-20-34(33)38-26-37(43-42(44-38)29-13-5-2-6-14-29)30-23-24-39-36(25-30)35-21-7-15-28-16-8-22-40(45-39)41(28)35/h1-26H. The van der Waals surface area contributed by atoms with Gasteiger partial charge in [0.25, 0.3) is 0 Å². The summed E-state index contributed by atoms with van der Waals surface area (Å²) in [6.45, 7) is 0. The molecule has 0 bridgehead atoms. The van der Waals surface area contributed by atoms with E-state index >= 15 is 0 Å². The fourth-order valence-corrected chi connectivity index (χ4v) is 6.58. The number of benzene rings is 7. The Kier molecular flexibility index (Phi) is 5.82. The largest absolute Gasteiger partial charge is 0.456 e. The van der Waals surface area contributed by atoms with E-state index in [1.54, 1.807) is 0 Å². The van der Waals surface area contributed by atoms with Crippen LogP contribution in [0.2, 0.25) is 0 Å². The van der Waals surface area contributed by atoms with Crippen LogP contribution in [0.1, 0.15) is 0 Å². The van der Waals surface area contributed by atoms with Gasteiger partial charge in [0, 0.05) is 27.6 Å². The van der Waals surface area contributed by atoms with Gasteiger partial charge in [-0.3, -0.25) is 0 Å². The third-order valence-corrected chi connectivity index (χ3v) is 8.69. The van der Waals surface area contributed by atoms with E-state index in [2.05, 4.69) is 127 Å². The summed E-state index contributed by atoms with van der Waals surface area (Å²) >= 11 is 0. The van der Waals surface area contributed by atoms with E-state index in [9.17, 15) is 0 Å². The molecule has 1 aliphatic rings. The SMILES string of the molecule is c1ccc(-c2nc(-c3ccc4c(c3)-c3cccc5cccc(c35)O4)cc(-c3cccc4c(-c5ccccc5)cccc34)n2)cc1. The lowest BCUT2D eigenvalue weighted by atomic mass is 9.92. The van der Waals surface area contributed by atoms with Gasteiger partial charge in [-0.05, 0) is 63.2 Å². The molecule has 0 fully saturated rings. The minimum absolute atomic E-state index is 0.695. The number of fused-ring (bicyclic) bond motifs is 3. The Labute approximate surface area is 261 Å². The Morgan fingerprint density at radius 2 is 1.02 bits per heavy atom. The van der Waals surface area contributed by atoms with Crippen molar-refractivity contribution in [1.29, 1.82) is 0 Å². The molecule has 9 rings (SSSR count). The van der Waals surface area contributed by atoms with Crippen molar-refractivity contribution in [2.75, 3.05) is 0 Å². The van der Waals surface area contributed by atoms with Crippen molar-refractivity contribution in [3.8, 4) is 67.7 Å². The van der Waals surface area contributed by atoms with E-state index in [1.165, 1.54) is 27.5 Å². The summed E-state index contributed by atoms with van der Waals surface area (Å²) in [5, 5.41) is 4.66. The van der Waals surface area contributed by atoms with Crippen LogP contribution in [-0.4, -0.2) is 9.97 Å². The smallest absolute Gasteiger partial charge is 0.160 e. The number of rotatable bonds is 4. The van der Waals surface area contributed by atoms with E-state index in [0.717, 1.165) is 55.9 Å². The van der Waals surface area contributed by atoms with Crippen LogP contribution in [0, 0.1) is 0 Å². The second-order valence-corrected chi connectivity index (χ2v) is 11.4. The Morgan fingerprint density at radius 1 is 0.378 bits per heavy atom. The number of hydrogen-bond donors (Lipinski definition) is 0. The van der Waals surface area contributed by atoms with Crippen LogP contribution >= 0.6 is 0 Å². The lowest BCUT2D eigenvalue weighted by molar-refractivity contribution is 0.487.